The van der Waals surface area contributed by atoms with Gasteiger partial charge in [-0.15, -0.1) is 12.4 Å². The van der Waals surface area contributed by atoms with Crippen molar-refractivity contribution in [3.63, 3.8) is 0 Å². The van der Waals surface area contributed by atoms with Crippen molar-refractivity contribution >= 4 is 12.4 Å². The Kier molecular flexibility index (Phi) is 5.59. The fourth-order valence-corrected chi connectivity index (χ4v) is 2.09. The largest absolute Gasteiger partial charge is 0.490 e. The zero-order chi connectivity index (χ0) is 11.4. The quantitative estimate of drug-likeness (QED) is 0.902. The molecule has 2 N–H and O–H groups in total. The lowest BCUT2D eigenvalue weighted by molar-refractivity contribution is 0.181. The van der Waals surface area contributed by atoms with Crippen molar-refractivity contribution in [3.05, 3.63) is 24.3 Å². The predicted molar refractivity (Wildman–Crippen MR) is 71.1 cm³/mol. The zero-order valence-electron chi connectivity index (χ0n) is 10.1. The first-order valence-corrected chi connectivity index (χ1v) is 5.95. The Hall–Kier alpha value is -0.930. The molecule has 0 amide bonds. The molecule has 17 heavy (non-hydrogen) atoms. The molecule has 0 saturated heterocycles. The van der Waals surface area contributed by atoms with Crippen LogP contribution < -0.4 is 15.2 Å². The van der Waals surface area contributed by atoms with E-state index in [9.17, 15) is 0 Å². The standard InChI is InChI=1S/C13H19NO2.ClH/c1-2-15-12-7-3-4-8-13(12)16-11-9-5-6-10(11)14;/h3-4,7-8,10-11H,2,5-6,9,14H2,1H3;1H/t10-,11+;/m0./s1. The number of hydrogen-bond acceptors (Lipinski definition) is 3. The third-order valence-electron chi connectivity index (χ3n) is 2.93. The summed E-state index contributed by atoms with van der Waals surface area (Å²) in [5.41, 5.74) is 5.99. The lowest BCUT2D eigenvalue weighted by atomic mass is 10.2. The van der Waals surface area contributed by atoms with Crippen molar-refractivity contribution in [2.24, 2.45) is 5.73 Å². The molecule has 2 rings (SSSR count). The minimum atomic E-state index is 0. The van der Waals surface area contributed by atoms with Gasteiger partial charge in [0.1, 0.15) is 6.10 Å². The third-order valence-corrected chi connectivity index (χ3v) is 2.93. The molecule has 0 aliphatic heterocycles. The number of benzene rings is 1. The average Bonchev–Trinajstić information content (AvgIpc) is 2.68. The van der Waals surface area contributed by atoms with Crippen molar-refractivity contribution in [2.45, 2.75) is 38.3 Å². The molecule has 1 aliphatic carbocycles. The van der Waals surface area contributed by atoms with E-state index in [-0.39, 0.29) is 24.6 Å². The summed E-state index contributed by atoms with van der Waals surface area (Å²) in [6.07, 6.45) is 3.40. The second-order valence-electron chi connectivity index (χ2n) is 4.13. The molecular formula is C13H20ClNO2. The molecule has 1 aromatic rings. The van der Waals surface area contributed by atoms with E-state index >= 15 is 0 Å². The maximum atomic E-state index is 5.99. The van der Waals surface area contributed by atoms with Gasteiger partial charge in [-0.3, -0.25) is 0 Å². The summed E-state index contributed by atoms with van der Waals surface area (Å²) in [6.45, 7) is 2.62. The molecule has 1 fully saturated rings. The van der Waals surface area contributed by atoms with Crippen molar-refractivity contribution in [2.75, 3.05) is 6.61 Å². The number of ether oxygens (including phenoxy) is 2. The maximum absolute atomic E-state index is 5.99. The van der Waals surface area contributed by atoms with Gasteiger partial charge in [0.05, 0.1) is 6.61 Å². The minimum absolute atomic E-state index is 0. The SMILES string of the molecule is CCOc1ccccc1O[C@@H]1CCC[C@@H]1N.Cl. The van der Waals surface area contributed by atoms with Crippen LogP contribution in [-0.2, 0) is 0 Å². The lowest BCUT2D eigenvalue weighted by Gasteiger charge is -2.19. The summed E-state index contributed by atoms with van der Waals surface area (Å²) in [6, 6.07) is 7.94. The molecule has 0 radical (unpaired) electrons. The fraction of sp³-hybridized carbons (Fsp3) is 0.538. The van der Waals surface area contributed by atoms with Gasteiger partial charge < -0.3 is 15.2 Å². The highest BCUT2D eigenvalue weighted by Gasteiger charge is 2.26. The van der Waals surface area contributed by atoms with Gasteiger partial charge in [-0.2, -0.15) is 0 Å². The van der Waals surface area contributed by atoms with Gasteiger partial charge in [-0.05, 0) is 38.3 Å². The van der Waals surface area contributed by atoms with E-state index in [1.807, 2.05) is 31.2 Å². The monoisotopic (exact) mass is 257 g/mol. The zero-order valence-corrected chi connectivity index (χ0v) is 10.9. The molecule has 0 spiro atoms. The first-order valence-electron chi connectivity index (χ1n) is 5.95. The second-order valence-corrected chi connectivity index (χ2v) is 4.13. The highest BCUT2D eigenvalue weighted by Crippen LogP contribution is 2.30. The van der Waals surface area contributed by atoms with Crippen molar-refractivity contribution in [1.29, 1.82) is 0 Å². The van der Waals surface area contributed by atoms with Gasteiger partial charge >= 0.3 is 0 Å². The topological polar surface area (TPSA) is 44.5 Å². The van der Waals surface area contributed by atoms with E-state index in [1.165, 1.54) is 0 Å². The summed E-state index contributed by atoms with van der Waals surface area (Å²) in [7, 11) is 0. The van der Waals surface area contributed by atoms with E-state index in [4.69, 9.17) is 15.2 Å². The van der Waals surface area contributed by atoms with Gasteiger partial charge in [-0.1, -0.05) is 12.1 Å². The Morgan fingerprint density at radius 1 is 1.24 bits per heavy atom. The number of nitrogens with two attached hydrogens (primary N) is 1. The molecule has 0 heterocycles. The molecule has 1 aliphatic rings. The normalized spacial score (nSPS) is 22.9. The van der Waals surface area contributed by atoms with Crippen LogP contribution in [0.1, 0.15) is 26.2 Å². The number of para-hydroxylation sites is 2. The Bertz CT molecular complexity index is 346. The lowest BCUT2D eigenvalue weighted by Crippen LogP contribution is -2.33. The number of rotatable bonds is 4. The number of hydrogen-bond donors (Lipinski definition) is 1. The van der Waals surface area contributed by atoms with Gasteiger partial charge in [-0.25, -0.2) is 0 Å². The first kappa shape index (κ1) is 14.1. The summed E-state index contributed by atoms with van der Waals surface area (Å²) >= 11 is 0. The van der Waals surface area contributed by atoms with Crippen molar-refractivity contribution in [1.82, 2.24) is 0 Å². The number of halogens is 1. The van der Waals surface area contributed by atoms with E-state index in [2.05, 4.69) is 0 Å². The van der Waals surface area contributed by atoms with Gasteiger partial charge in [0.15, 0.2) is 11.5 Å². The maximum Gasteiger partial charge on any atom is 0.161 e. The Morgan fingerprint density at radius 2 is 1.94 bits per heavy atom. The average molecular weight is 258 g/mol. The van der Waals surface area contributed by atoms with E-state index in [0.717, 1.165) is 30.8 Å². The minimum Gasteiger partial charge on any atom is -0.490 e. The van der Waals surface area contributed by atoms with Crippen LogP contribution in [0, 0.1) is 0 Å². The van der Waals surface area contributed by atoms with Gasteiger partial charge in [0.25, 0.3) is 0 Å². The van der Waals surface area contributed by atoms with E-state index < -0.39 is 0 Å². The molecule has 4 heteroatoms. The third kappa shape index (κ3) is 3.51. The molecule has 2 atom stereocenters. The van der Waals surface area contributed by atoms with Crippen molar-refractivity contribution in [3.8, 4) is 11.5 Å². The molecule has 1 saturated carbocycles. The van der Waals surface area contributed by atoms with Crippen LogP contribution in [0.3, 0.4) is 0 Å². The summed E-state index contributed by atoms with van der Waals surface area (Å²) in [5.74, 6) is 1.62. The van der Waals surface area contributed by atoms with Crippen LogP contribution in [0.25, 0.3) is 0 Å². The van der Waals surface area contributed by atoms with Gasteiger partial charge in [0, 0.05) is 6.04 Å². The van der Waals surface area contributed by atoms with Crippen molar-refractivity contribution < 1.29 is 9.47 Å². The van der Waals surface area contributed by atoms with Crippen LogP contribution in [0.5, 0.6) is 11.5 Å². The van der Waals surface area contributed by atoms with Gasteiger partial charge in [0.2, 0.25) is 0 Å². The summed E-state index contributed by atoms with van der Waals surface area (Å²) < 4.78 is 11.4. The molecule has 3 nitrogen and oxygen atoms in total. The Balaban J connectivity index is 0.00000144. The second kappa shape index (κ2) is 6.72. The fourth-order valence-electron chi connectivity index (χ4n) is 2.09. The van der Waals surface area contributed by atoms with Crippen LogP contribution in [0.2, 0.25) is 0 Å². The van der Waals surface area contributed by atoms with Crippen LogP contribution >= 0.6 is 12.4 Å². The summed E-state index contributed by atoms with van der Waals surface area (Å²) in [4.78, 5) is 0. The molecule has 0 bridgehead atoms. The highest BCUT2D eigenvalue weighted by atomic mass is 35.5. The van der Waals surface area contributed by atoms with E-state index in [0.29, 0.717) is 6.61 Å². The smallest absolute Gasteiger partial charge is 0.161 e. The van der Waals surface area contributed by atoms with Crippen LogP contribution in [0.15, 0.2) is 24.3 Å². The van der Waals surface area contributed by atoms with Crippen LogP contribution in [0.4, 0.5) is 0 Å². The van der Waals surface area contributed by atoms with Crippen LogP contribution in [-0.4, -0.2) is 18.8 Å². The molecule has 0 aromatic heterocycles. The summed E-state index contributed by atoms with van der Waals surface area (Å²) in [5, 5.41) is 0. The Labute approximate surface area is 109 Å². The molecule has 0 unspecified atom stereocenters. The first-order chi connectivity index (χ1) is 7.81. The highest BCUT2D eigenvalue weighted by molar-refractivity contribution is 5.85. The Morgan fingerprint density at radius 3 is 2.53 bits per heavy atom. The predicted octanol–water partition coefficient (Wildman–Crippen LogP) is 2.77. The molecule has 96 valence electrons. The van der Waals surface area contributed by atoms with E-state index in [1.54, 1.807) is 0 Å². The molecule has 1 aromatic carbocycles. The molecular weight excluding hydrogens is 238 g/mol.